The van der Waals surface area contributed by atoms with Crippen LogP contribution >= 0.6 is 0 Å². The summed E-state index contributed by atoms with van der Waals surface area (Å²) in [6.07, 6.45) is 1.25. The minimum Gasteiger partial charge on any atom is -0.398 e. The fourth-order valence-corrected chi connectivity index (χ4v) is 2.30. The molecule has 0 aliphatic heterocycles. The van der Waals surface area contributed by atoms with E-state index in [1.54, 1.807) is 6.07 Å². The average Bonchev–Trinajstić information content (AvgIpc) is 2.45. The molecule has 20 heavy (non-hydrogen) atoms. The van der Waals surface area contributed by atoms with Gasteiger partial charge in [0.15, 0.2) is 5.78 Å². The van der Waals surface area contributed by atoms with Crippen molar-refractivity contribution in [2.45, 2.75) is 20.3 Å². The van der Waals surface area contributed by atoms with Gasteiger partial charge in [0.2, 0.25) is 0 Å². The van der Waals surface area contributed by atoms with Crippen LogP contribution in [0.25, 0.3) is 5.57 Å². The third-order valence-corrected chi connectivity index (χ3v) is 3.15. The van der Waals surface area contributed by atoms with Gasteiger partial charge in [-0.25, -0.2) is 0 Å². The number of ketones is 1. The van der Waals surface area contributed by atoms with Gasteiger partial charge in [0, 0.05) is 11.3 Å². The van der Waals surface area contributed by atoms with Crippen molar-refractivity contribution in [1.82, 2.24) is 0 Å². The lowest BCUT2D eigenvalue weighted by Gasteiger charge is -2.21. The topological polar surface area (TPSA) is 43.1 Å². The number of rotatable bonds is 0. The van der Waals surface area contributed by atoms with Gasteiger partial charge in [-0.05, 0) is 22.8 Å². The summed E-state index contributed by atoms with van der Waals surface area (Å²) >= 11 is 0. The van der Waals surface area contributed by atoms with Crippen LogP contribution in [0.1, 0.15) is 47.3 Å². The number of fused-ring (bicyclic) bond motifs is 2. The Kier molecular flexibility index (Phi) is 4.04. The quantitative estimate of drug-likeness (QED) is 0.616. The van der Waals surface area contributed by atoms with Gasteiger partial charge >= 0.3 is 0 Å². The second-order valence-electron chi connectivity index (χ2n) is 4.83. The average molecular weight is 265 g/mol. The molecule has 0 atom stereocenters. The van der Waals surface area contributed by atoms with E-state index in [2.05, 4.69) is 20.4 Å². The fourth-order valence-electron chi connectivity index (χ4n) is 2.30. The monoisotopic (exact) mass is 265 g/mol. The summed E-state index contributed by atoms with van der Waals surface area (Å²) in [6.45, 7) is 8.31. The zero-order chi connectivity index (χ0) is 14.7. The lowest BCUT2D eigenvalue weighted by molar-refractivity contribution is 0.103. The number of hydrogen-bond donors (Lipinski definition) is 1. The molecule has 3 rings (SSSR count). The molecule has 0 fully saturated rings. The second-order valence-corrected chi connectivity index (χ2v) is 4.83. The lowest BCUT2D eigenvalue weighted by atomic mass is 9.81. The van der Waals surface area contributed by atoms with Gasteiger partial charge in [-0.2, -0.15) is 0 Å². The van der Waals surface area contributed by atoms with E-state index in [9.17, 15) is 4.79 Å². The first kappa shape index (κ1) is 14.1. The highest BCUT2D eigenvalue weighted by Crippen LogP contribution is 2.36. The molecule has 0 bridgehead atoms. The first-order valence-corrected chi connectivity index (χ1v) is 6.83. The van der Waals surface area contributed by atoms with E-state index in [1.165, 1.54) is 6.42 Å². The van der Waals surface area contributed by atoms with Crippen LogP contribution in [0.2, 0.25) is 0 Å². The Morgan fingerprint density at radius 1 is 0.950 bits per heavy atom. The number of nitrogens with two attached hydrogens (primary N) is 1. The summed E-state index contributed by atoms with van der Waals surface area (Å²) in [4.78, 5) is 12.4. The van der Waals surface area contributed by atoms with E-state index >= 15 is 0 Å². The summed E-state index contributed by atoms with van der Waals surface area (Å²) in [6, 6.07) is 13.0. The Morgan fingerprint density at radius 2 is 1.50 bits per heavy atom. The molecule has 2 aromatic carbocycles. The molecule has 1 aliphatic carbocycles. The smallest absolute Gasteiger partial charge is 0.196 e. The standard InChI is InChI=1S/C15H11NO.C3H8/c1-9-10-5-2-3-6-12(10)15(17)14-11(9)7-4-8-13(14)16;1-3-2/h2-8H,1,16H2;3H2,1-2H3. The normalized spacial score (nSPS) is 12.1. The number of carbonyl (C=O) groups excluding carboxylic acids is 1. The maximum absolute atomic E-state index is 12.4. The largest absolute Gasteiger partial charge is 0.398 e. The van der Waals surface area contributed by atoms with Crippen LogP contribution in [0.15, 0.2) is 49.0 Å². The lowest BCUT2D eigenvalue weighted by Crippen LogP contribution is -2.15. The Balaban J connectivity index is 0.000000452. The van der Waals surface area contributed by atoms with Crippen molar-refractivity contribution in [1.29, 1.82) is 0 Å². The van der Waals surface area contributed by atoms with E-state index in [0.717, 1.165) is 16.7 Å². The van der Waals surface area contributed by atoms with Gasteiger partial charge < -0.3 is 5.73 Å². The van der Waals surface area contributed by atoms with Crippen molar-refractivity contribution in [3.05, 3.63) is 71.3 Å². The van der Waals surface area contributed by atoms with E-state index in [0.29, 0.717) is 16.8 Å². The minimum absolute atomic E-state index is 0.0129. The maximum atomic E-state index is 12.4. The summed E-state index contributed by atoms with van der Waals surface area (Å²) in [5.74, 6) is -0.0129. The third-order valence-electron chi connectivity index (χ3n) is 3.15. The highest BCUT2D eigenvalue weighted by atomic mass is 16.1. The van der Waals surface area contributed by atoms with Crippen LogP contribution < -0.4 is 5.73 Å². The van der Waals surface area contributed by atoms with E-state index in [-0.39, 0.29) is 5.78 Å². The van der Waals surface area contributed by atoms with Gasteiger partial charge in [0.05, 0.1) is 5.56 Å². The maximum Gasteiger partial charge on any atom is 0.196 e. The van der Waals surface area contributed by atoms with E-state index < -0.39 is 0 Å². The second kappa shape index (κ2) is 5.74. The van der Waals surface area contributed by atoms with Gasteiger partial charge in [-0.15, -0.1) is 0 Å². The summed E-state index contributed by atoms with van der Waals surface area (Å²) < 4.78 is 0. The Labute approximate surface area is 119 Å². The Hall–Kier alpha value is -2.35. The van der Waals surface area contributed by atoms with Crippen LogP contribution in [0.4, 0.5) is 5.69 Å². The van der Waals surface area contributed by atoms with Crippen molar-refractivity contribution in [2.75, 3.05) is 5.73 Å². The molecule has 0 radical (unpaired) electrons. The molecule has 2 N–H and O–H groups in total. The number of carbonyl (C=O) groups is 1. The predicted octanol–water partition coefficient (Wildman–Crippen LogP) is 4.29. The minimum atomic E-state index is -0.0129. The van der Waals surface area contributed by atoms with Crippen molar-refractivity contribution in [3.63, 3.8) is 0 Å². The molecule has 0 heterocycles. The van der Waals surface area contributed by atoms with Crippen LogP contribution in [-0.4, -0.2) is 5.78 Å². The number of nitrogen functional groups attached to an aromatic ring is 1. The van der Waals surface area contributed by atoms with Crippen molar-refractivity contribution >= 4 is 17.0 Å². The molecule has 1 aliphatic rings. The zero-order valence-electron chi connectivity index (χ0n) is 11.9. The van der Waals surface area contributed by atoms with Crippen molar-refractivity contribution in [3.8, 4) is 0 Å². The first-order chi connectivity index (χ1) is 9.61. The third kappa shape index (κ3) is 2.25. The molecule has 2 aromatic rings. The molecular formula is C18H19NO. The van der Waals surface area contributed by atoms with Gasteiger partial charge in [0.1, 0.15) is 0 Å². The molecule has 0 aromatic heterocycles. The predicted molar refractivity (Wildman–Crippen MR) is 84.8 cm³/mol. The summed E-state index contributed by atoms with van der Waals surface area (Å²) in [5.41, 5.74) is 10.3. The molecular weight excluding hydrogens is 246 g/mol. The number of anilines is 1. The van der Waals surface area contributed by atoms with Crippen LogP contribution in [0.3, 0.4) is 0 Å². The SMILES string of the molecule is C=C1c2ccccc2C(=O)c2c(N)cccc21.CCC. The van der Waals surface area contributed by atoms with Gasteiger partial charge in [-0.1, -0.05) is 63.2 Å². The molecule has 0 unspecified atom stereocenters. The molecule has 0 amide bonds. The molecule has 2 nitrogen and oxygen atoms in total. The fraction of sp³-hybridized carbons (Fsp3) is 0.167. The summed E-state index contributed by atoms with van der Waals surface area (Å²) in [7, 11) is 0. The van der Waals surface area contributed by atoms with Crippen LogP contribution in [0, 0.1) is 0 Å². The van der Waals surface area contributed by atoms with Crippen molar-refractivity contribution in [2.24, 2.45) is 0 Å². The first-order valence-electron chi connectivity index (χ1n) is 6.83. The molecule has 0 spiro atoms. The van der Waals surface area contributed by atoms with E-state index in [4.69, 9.17) is 5.73 Å². The number of benzene rings is 2. The van der Waals surface area contributed by atoms with Gasteiger partial charge in [0.25, 0.3) is 0 Å². The zero-order valence-corrected chi connectivity index (χ0v) is 11.9. The van der Waals surface area contributed by atoms with Crippen LogP contribution in [-0.2, 0) is 0 Å². The molecule has 2 heteroatoms. The summed E-state index contributed by atoms with van der Waals surface area (Å²) in [5, 5.41) is 0. The van der Waals surface area contributed by atoms with E-state index in [1.807, 2.05) is 36.4 Å². The van der Waals surface area contributed by atoms with Crippen molar-refractivity contribution < 1.29 is 4.79 Å². The highest BCUT2D eigenvalue weighted by molar-refractivity contribution is 6.20. The Morgan fingerprint density at radius 3 is 2.15 bits per heavy atom. The van der Waals surface area contributed by atoms with Gasteiger partial charge in [-0.3, -0.25) is 4.79 Å². The number of hydrogen-bond acceptors (Lipinski definition) is 2. The highest BCUT2D eigenvalue weighted by Gasteiger charge is 2.26. The van der Waals surface area contributed by atoms with Crippen LogP contribution in [0.5, 0.6) is 0 Å². The molecule has 102 valence electrons. The molecule has 0 saturated carbocycles. The molecule has 0 saturated heterocycles. The Bertz CT molecular complexity index is 671.